The van der Waals surface area contributed by atoms with Crippen LogP contribution in [0.4, 0.5) is 0 Å². The fourth-order valence-electron chi connectivity index (χ4n) is 1.96. The van der Waals surface area contributed by atoms with Gasteiger partial charge in [-0.05, 0) is 31.6 Å². The minimum atomic E-state index is -4.73. The lowest BCUT2D eigenvalue weighted by Gasteiger charge is -2.20. The van der Waals surface area contributed by atoms with Crippen LogP contribution in [0.1, 0.15) is 18.1 Å². The minimum absolute atomic E-state index is 0.0325. The van der Waals surface area contributed by atoms with Gasteiger partial charge in [-0.3, -0.25) is 5.73 Å². The van der Waals surface area contributed by atoms with Crippen LogP contribution in [-0.2, 0) is 13.3 Å². The Morgan fingerprint density at radius 3 is 2.38 bits per heavy atom. The highest BCUT2D eigenvalue weighted by molar-refractivity contribution is 8.20. The van der Waals surface area contributed by atoms with Gasteiger partial charge in [-0.1, -0.05) is 29.8 Å². The van der Waals surface area contributed by atoms with E-state index in [2.05, 4.69) is 3.74 Å². The first-order valence-corrected chi connectivity index (χ1v) is 9.25. The predicted octanol–water partition coefficient (Wildman–Crippen LogP) is -0.975. The lowest BCUT2D eigenvalue weighted by Crippen LogP contribution is -2.60. The van der Waals surface area contributed by atoms with E-state index in [1.165, 1.54) is 12.2 Å². The number of hydrogen-bond donors (Lipinski definition) is 1. The van der Waals surface area contributed by atoms with E-state index >= 15 is 0 Å². The molecule has 1 heterocycles. The van der Waals surface area contributed by atoms with E-state index in [1.807, 2.05) is 19.1 Å². The first kappa shape index (κ1) is 18.8. The van der Waals surface area contributed by atoms with Crippen LogP contribution in [0.3, 0.4) is 0 Å². The lowest BCUT2D eigenvalue weighted by atomic mass is 10.1. The maximum absolute atomic E-state index is 11.9. The molecular weight excluding hydrogens is 358 g/mol. The van der Waals surface area contributed by atoms with Gasteiger partial charge in [-0.15, -0.1) is 0 Å². The Bertz CT molecular complexity index is 733. The van der Waals surface area contributed by atoms with E-state index in [0.717, 1.165) is 5.56 Å². The summed E-state index contributed by atoms with van der Waals surface area (Å²) < 4.78 is 42.6. The van der Waals surface area contributed by atoms with Crippen LogP contribution < -0.4 is 19.7 Å². The molecule has 0 amide bonds. The molecule has 0 radical (unpaired) electrons. The zero-order valence-corrected chi connectivity index (χ0v) is 14.6. The molecular formula is C15H16ClNO6S. The summed E-state index contributed by atoms with van der Waals surface area (Å²) in [6.07, 6.45) is 2.92. The number of aryl methyl sites for hydroxylation is 1. The van der Waals surface area contributed by atoms with Crippen LogP contribution in [-0.4, -0.2) is 17.6 Å². The van der Waals surface area contributed by atoms with Crippen LogP contribution in [0, 0.1) is 17.2 Å². The van der Waals surface area contributed by atoms with E-state index in [-0.39, 0.29) is 17.2 Å². The molecule has 0 saturated carbocycles. The number of carbonyl (C=O) groups is 1. The fraction of sp³-hybridized carbons (Fsp3) is 0.200. The van der Waals surface area contributed by atoms with Crippen LogP contribution in [0.5, 0.6) is 0 Å². The van der Waals surface area contributed by atoms with Crippen molar-refractivity contribution in [1.82, 2.24) is 0 Å². The Kier molecular flexibility index (Phi) is 5.94. The maximum Gasteiger partial charge on any atom is 0.340 e. The highest BCUT2D eigenvalue weighted by Gasteiger charge is 2.33. The summed E-state index contributed by atoms with van der Waals surface area (Å²) in [6.45, 7) is 3.65. The Labute approximate surface area is 143 Å². The monoisotopic (exact) mass is 373 g/mol. The molecule has 0 saturated heterocycles. The summed E-state index contributed by atoms with van der Waals surface area (Å²) in [5, 5.41) is 0. The van der Waals surface area contributed by atoms with Crippen molar-refractivity contribution in [1.29, 1.82) is 0 Å². The summed E-state index contributed by atoms with van der Waals surface area (Å²) in [6, 6.07) is 7.13. The number of esters is 1. The molecule has 0 spiro atoms. The normalized spacial score (nSPS) is 18.1. The van der Waals surface area contributed by atoms with Crippen molar-refractivity contribution in [2.45, 2.75) is 13.8 Å². The molecule has 1 aliphatic rings. The van der Waals surface area contributed by atoms with Crippen molar-refractivity contribution in [2.24, 2.45) is 5.73 Å². The predicted molar refractivity (Wildman–Crippen MR) is 81.7 cm³/mol. The molecule has 0 aromatic heterocycles. The molecule has 0 bridgehead atoms. The van der Waals surface area contributed by atoms with Crippen molar-refractivity contribution < 1.29 is 37.5 Å². The number of rotatable bonds is 5. The van der Waals surface area contributed by atoms with E-state index in [9.17, 15) is 18.8 Å². The van der Waals surface area contributed by atoms with Crippen molar-refractivity contribution in [3.63, 3.8) is 0 Å². The second-order valence-electron chi connectivity index (χ2n) is 4.77. The molecule has 2 rings (SSSR count). The summed E-state index contributed by atoms with van der Waals surface area (Å²) in [7, 11) is -6.47. The molecule has 24 heavy (non-hydrogen) atoms. The fourth-order valence-corrected chi connectivity index (χ4v) is 4.25. The molecule has 9 heteroatoms. The third kappa shape index (κ3) is 4.52. The highest BCUT2D eigenvalue weighted by atomic mass is 35.7. The molecule has 1 atom stereocenters. The number of carbonyl (C=O) groups excluding carboxylic acids is 1. The van der Waals surface area contributed by atoms with Crippen molar-refractivity contribution >= 4 is 26.6 Å². The average molecular weight is 374 g/mol. The van der Waals surface area contributed by atoms with Gasteiger partial charge >= 0.3 is 5.97 Å². The van der Waals surface area contributed by atoms with Crippen LogP contribution in [0.2, 0.25) is 0 Å². The van der Waals surface area contributed by atoms with Crippen LogP contribution in [0.25, 0.3) is 4.91 Å². The Morgan fingerprint density at radius 2 is 1.83 bits per heavy atom. The molecule has 2 N–H and O–H groups in total. The number of hydrogen-bond acceptors (Lipinski definition) is 7. The minimum Gasteiger partial charge on any atom is -0.462 e. The van der Waals surface area contributed by atoms with E-state index in [1.54, 1.807) is 19.1 Å². The van der Waals surface area contributed by atoms with Gasteiger partial charge in [0.2, 0.25) is 0 Å². The van der Waals surface area contributed by atoms with Gasteiger partial charge in [-0.2, -0.15) is 14.0 Å². The van der Waals surface area contributed by atoms with E-state index < -0.39 is 27.0 Å². The highest BCUT2D eigenvalue weighted by Crippen LogP contribution is 2.41. The van der Waals surface area contributed by atoms with Gasteiger partial charge in [0.25, 0.3) is 0 Å². The Morgan fingerprint density at radius 1 is 1.21 bits per heavy atom. The first-order valence-electron chi connectivity index (χ1n) is 6.87. The average Bonchev–Trinajstić information content (AvgIpc) is 2.49. The van der Waals surface area contributed by atoms with Crippen LogP contribution >= 0.6 is 10.8 Å². The number of benzene rings is 1. The summed E-state index contributed by atoms with van der Waals surface area (Å²) >= 11 is 0. The third-order valence-corrected chi connectivity index (χ3v) is 5.55. The lowest BCUT2D eigenvalue weighted by molar-refractivity contribution is -1.91. The zero-order valence-electron chi connectivity index (χ0n) is 13.0. The van der Waals surface area contributed by atoms with E-state index in [0.29, 0.717) is 10.5 Å². The smallest absolute Gasteiger partial charge is 0.340 e. The molecule has 130 valence electrons. The van der Waals surface area contributed by atoms with Crippen molar-refractivity contribution in [3.05, 3.63) is 53.1 Å². The largest absolute Gasteiger partial charge is 0.462 e. The number of nitrogens with two attached hydrogens (primary N) is 1. The number of allylic oxidation sites excluding steroid dienone is 2. The van der Waals surface area contributed by atoms with Crippen molar-refractivity contribution in [2.75, 3.05) is 6.61 Å². The van der Waals surface area contributed by atoms with Gasteiger partial charge in [0.05, 0.1) is 32.3 Å². The Balaban J connectivity index is 2.52. The van der Waals surface area contributed by atoms with Gasteiger partial charge < -0.3 is 4.74 Å². The molecule has 1 aliphatic heterocycles. The SMILES string of the molecule is CCOC(=O)C1=CC=C(c2ccc(C)cc2)S(O[Cl+3]([O-])([O-])[O-])=C1N. The molecule has 1 unspecified atom stereocenters. The van der Waals surface area contributed by atoms with Gasteiger partial charge in [0.1, 0.15) is 3.74 Å². The maximum atomic E-state index is 11.9. The second-order valence-corrected chi connectivity index (χ2v) is 7.45. The van der Waals surface area contributed by atoms with Crippen molar-refractivity contribution in [3.8, 4) is 0 Å². The second kappa shape index (κ2) is 7.58. The summed E-state index contributed by atoms with van der Waals surface area (Å²) in [5.74, 6) is -0.713. The zero-order chi connectivity index (χ0) is 17.9. The molecule has 1 aromatic carbocycles. The quantitative estimate of drug-likeness (QED) is 0.518. The third-order valence-electron chi connectivity index (χ3n) is 3.04. The van der Waals surface area contributed by atoms with Gasteiger partial charge in [-0.25, -0.2) is 4.79 Å². The first-order chi connectivity index (χ1) is 11.2. The molecule has 7 nitrogen and oxygen atoms in total. The van der Waals surface area contributed by atoms with E-state index in [4.69, 9.17) is 10.5 Å². The molecule has 0 aliphatic carbocycles. The number of ether oxygens (including phenoxy) is 1. The molecule has 0 fully saturated rings. The summed E-state index contributed by atoms with van der Waals surface area (Å²) in [5.41, 5.74) is 7.51. The number of halogens is 1. The standard InChI is InChI=1S/C15H16ClNO6S/c1-3-22-15(18)12-8-9-13(11-6-4-10(2)5-7-11)24(14(12)17)23-16(19,20)21/h4-9H,3,17H2,1-2H3. The van der Waals surface area contributed by atoms with Crippen LogP contribution in [0.15, 0.2) is 42.0 Å². The summed E-state index contributed by atoms with van der Waals surface area (Å²) in [4.78, 5) is 12.1. The topological polar surface area (TPSA) is 131 Å². The Hall–Kier alpha value is -1.52. The van der Waals surface area contributed by atoms with Gasteiger partial charge in [0.15, 0.2) is 10.8 Å². The van der Waals surface area contributed by atoms with Gasteiger partial charge in [0, 0.05) is 0 Å². The molecule has 1 aromatic rings.